The highest BCUT2D eigenvalue weighted by Gasteiger charge is 2.32. The molecule has 2 rings (SSSR count). The number of benzene rings is 1. The maximum absolute atomic E-state index is 12.3. The molecule has 0 aliphatic carbocycles. The van der Waals surface area contributed by atoms with Gasteiger partial charge in [-0.1, -0.05) is 29.3 Å². The number of halogens is 2. The van der Waals surface area contributed by atoms with E-state index in [1.165, 1.54) is 7.11 Å². The minimum Gasteiger partial charge on any atom is -0.460 e. The minimum absolute atomic E-state index is 0.119. The van der Waals surface area contributed by atoms with Gasteiger partial charge in [-0.3, -0.25) is 0 Å². The quantitative estimate of drug-likeness (QED) is 0.626. The molecule has 8 heteroatoms. The summed E-state index contributed by atoms with van der Waals surface area (Å²) >= 11 is 11.9. The predicted octanol–water partition coefficient (Wildman–Crippen LogP) is 2.81. The lowest BCUT2D eigenvalue weighted by atomic mass is 9.95. The van der Waals surface area contributed by atoms with Crippen LogP contribution in [0.5, 0.6) is 0 Å². The Balaban J connectivity index is 2.33. The van der Waals surface area contributed by atoms with Crippen LogP contribution in [0.15, 0.2) is 29.5 Å². The van der Waals surface area contributed by atoms with Gasteiger partial charge in [-0.2, -0.15) is 0 Å². The summed E-state index contributed by atoms with van der Waals surface area (Å²) in [5.41, 5.74) is 1.36. The third kappa shape index (κ3) is 4.16. The van der Waals surface area contributed by atoms with E-state index in [9.17, 15) is 9.59 Å². The predicted molar refractivity (Wildman–Crippen MR) is 86.4 cm³/mol. The molecule has 1 aromatic rings. The van der Waals surface area contributed by atoms with Gasteiger partial charge in [-0.25, -0.2) is 9.59 Å². The molecule has 0 saturated carbocycles. The van der Waals surface area contributed by atoms with Gasteiger partial charge in [-0.05, 0) is 24.6 Å². The maximum atomic E-state index is 12.3. The van der Waals surface area contributed by atoms with Crippen LogP contribution in [0.1, 0.15) is 18.5 Å². The molecule has 6 nitrogen and oxygen atoms in total. The SMILES string of the molecule is COCCOC(=O)C1=C(C)NC(=O)N[C@@H]1c1ccc(Cl)c(Cl)c1. The second kappa shape index (κ2) is 7.68. The van der Waals surface area contributed by atoms with Crippen molar-refractivity contribution >= 4 is 35.2 Å². The highest BCUT2D eigenvalue weighted by Crippen LogP contribution is 2.31. The number of nitrogens with one attached hydrogen (secondary N) is 2. The van der Waals surface area contributed by atoms with Crippen molar-refractivity contribution in [1.82, 2.24) is 10.6 Å². The lowest BCUT2D eigenvalue weighted by molar-refractivity contribution is -0.140. The maximum Gasteiger partial charge on any atom is 0.338 e. The summed E-state index contributed by atoms with van der Waals surface area (Å²) in [6, 6.07) is 3.83. The molecule has 1 aliphatic rings. The topological polar surface area (TPSA) is 76.7 Å². The fourth-order valence-corrected chi connectivity index (χ4v) is 2.51. The summed E-state index contributed by atoms with van der Waals surface area (Å²) in [6.07, 6.45) is 0. The van der Waals surface area contributed by atoms with E-state index in [-0.39, 0.29) is 13.2 Å². The largest absolute Gasteiger partial charge is 0.460 e. The standard InChI is InChI=1S/C15H16Cl2N2O4/c1-8-12(14(20)23-6-5-22-2)13(19-15(21)18-8)9-3-4-10(16)11(17)7-9/h3-4,7,13H,5-6H2,1-2H3,(H2,18,19,21)/t13-/m1/s1. The highest BCUT2D eigenvalue weighted by molar-refractivity contribution is 6.42. The lowest BCUT2D eigenvalue weighted by Crippen LogP contribution is -2.45. The van der Waals surface area contributed by atoms with Crippen LogP contribution in [0.3, 0.4) is 0 Å². The van der Waals surface area contributed by atoms with E-state index in [0.717, 1.165) is 0 Å². The van der Waals surface area contributed by atoms with Crippen LogP contribution in [0.25, 0.3) is 0 Å². The average Bonchev–Trinajstić information content (AvgIpc) is 2.49. The van der Waals surface area contributed by atoms with Crippen LogP contribution >= 0.6 is 23.2 Å². The van der Waals surface area contributed by atoms with Gasteiger partial charge >= 0.3 is 12.0 Å². The molecule has 1 aliphatic heterocycles. The molecule has 2 N–H and O–H groups in total. The molecule has 1 atom stereocenters. The number of hydrogen-bond donors (Lipinski definition) is 2. The number of amides is 2. The molecular formula is C15H16Cl2N2O4. The van der Waals surface area contributed by atoms with Crippen molar-refractivity contribution < 1.29 is 19.1 Å². The summed E-state index contributed by atoms with van der Waals surface area (Å²) in [7, 11) is 1.51. The summed E-state index contributed by atoms with van der Waals surface area (Å²) < 4.78 is 10.0. The third-order valence-electron chi connectivity index (χ3n) is 3.29. The monoisotopic (exact) mass is 358 g/mol. The Morgan fingerprint density at radius 2 is 2.00 bits per heavy atom. The Bertz CT molecular complexity index is 661. The molecule has 124 valence electrons. The van der Waals surface area contributed by atoms with Crippen LogP contribution < -0.4 is 10.6 Å². The van der Waals surface area contributed by atoms with Gasteiger partial charge in [-0.15, -0.1) is 0 Å². The molecule has 0 bridgehead atoms. The molecule has 1 aromatic carbocycles. The molecular weight excluding hydrogens is 343 g/mol. The first-order valence-corrected chi connectivity index (χ1v) is 7.59. The first-order valence-electron chi connectivity index (χ1n) is 6.83. The van der Waals surface area contributed by atoms with Crippen molar-refractivity contribution in [1.29, 1.82) is 0 Å². The van der Waals surface area contributed by atoms with Gasteiger partial charge < -0.3 is 20.1 Å². The second-order valence-corrected chi connectivity index (χ2v) is 5.69. The molecule has 0 unspecified atom stereocenters. The molecule has 0 aromatic heterocycles. The van der Waals surface area contributed by atoms with Crippen LogP contribution in [0.2, 0.25) is 10.0 Å². The molecule has 0 radical (unpaired) electrons. The third-order valence-corrected chi connectivity index (χ3v) is 4.03. The fraction of sp³-hybridized carbons (Fsp3) is 0.333. The van der Waals surface area contributed by atoms with Gasteiger partial charge in [0.25, 0.3) is 0 Å². The van der Waals surface area contributed by atoms with E-state index in [1.807, 2.05) is 0 Å². The zero-order valence-electron chi connectivity index (χ0n) is 12.6. The van der Waals surface area contributed by atoms with E-state index in [2.05, 4.69) is 10.6 Å². The number of carbonyl (C=O) groups is 2. The van der Waals surface area contributed by atoms with Gasteiger partial charge in [0.2, 0.25) is 0 Å². The number of rotatable bonds is 5. The van der Waals surface area contributed by atoms with Crippen molar-refractivity contribution in [3.63, 3.8) is 0 Å². The smallest absolute Gasteiger partial charge is 0.338 e. The summed E-state index contributed by atoms with van der Waals surface area (Å²) in [5.74, 6) is -0.539. The van der Waals surface area contributed by atoms with E-state index >= 15 is 0 Å². The zero-order chi connectivity index (χ0) is 17.0. The van der Waals surface area contributed by atoms with Crippen molar-refractivity contribution in [2.45, 2.75) is 13.0 Å². The van der Waals surface area contributed by atoms with Gasteiger partial charge in [0, 0.05) is 12.8 Å². The van der Waals surface area contributed by atoms with Crippen LogP contribution in [0.4, 0.5) is 4.79 Å². The van der Waals surface area contributed by atoms with E-state index < -0.39 is 18.0 Å². The van der Waals surface area contributed by atoms with Crippen LogP contribution in [-0.2, 0) is 14.3 Å². The minimum atomic E-state index is -0.673. The molecule has 1 heterocycles. The number of carbonyl (C=O) groups excluding carboxylic acids is 2. The number of methoxy groups -OCH3 is 1. The van der Waals surface area contributed by atoms with E-state index in [1.54, 1.807) is 25.1 Å². The highest BCUT2D eigenvalue weighted by atomic mass is 35.5. The summed E-state index contributed by atoms with van der Waals surface area (Å²) in [6.45, 7) is 2.04. The van der Waals surface area contributed by atoms with Gasteiger partial charge in [0.05, 0.1) is 28.3 Å². The van der Waals surface area contributed by atoms with Crippen LogP contribution in [-0.4, -0.2) is 32.3 Å². The normalized spacial score (nSPS) is 17.6. The Hall–Kier alpha value is -1.76. The molecule has 2 amide bonds. The number of urea groups is 1. The number of allylic oxidation sites excluding steroid dienone is 1. The fourth-order valence-electron chi connectivity index (χ4n) is 2.20. The Morgan fingerprint density at radius 3 is 2.65 bits per heavy atom. The second-order valence-electron chi connectivity index (χ2n) is 4.87. The van der Waals surface area contributed by atoms with Crippen molar-refractivity contribution in [2.24, 2.45) is 0 Å². The van der Waals surface area contributed by atoms with E-state index in [4.69, 9.17) is 32.7 Å². The van der Waals surface area contributed by atoms with Crippen LogP contribution in [0, 0.1) is 0 Å². The molecule has 0 fully saturated rings. The molecule has 23 heavy (non-hydrogen) atoms. The van der Waals surface area contributed by atoms with E-state index in [0.29, 0.717) is 26.9 Å². The van der Waals surface area contributed by atoms with Gasteiger partial charge in [0.15, 0.2) is 0 Å². The summed E-state index contributed by atoms with van der Waals surface area (Å²) in [5, 5.41) is 5.98. The first kappa shape index (κ1) is 17.6. The Kier molecular flexibility index (Phi) is 5.87. The number of ether oxygens (including phenoxy) is 2. The number of hydrogen-bond acceptors (Lipinski definition) is 4. The van der Waals surface area contributed by atoms with Crippen molar-refractivity contribution in [2.75, 3.05) is 20.3 Å². The number of esters is 1. The van der Waals surface area contributed by atoms with Crippen molar-refractivity contribution in [3.05, 3.63) is 45.1 Å². The Morgan fingerprint density at radius 1 is 1.26 bits per heavy atom. The summed E-state index contributed by atoms with van der Waals surface area (Å²) in [4.78, 5) is 24.1. The van der Waals surface area contributed by atoms with Crippen molar-refractivity contribution in [3.8, 4) is 0 Å². The average molecular weight is 359 g/mol. The zero-order valence-corrected chi connectivity index (χ0v) is 14.1. The first-order chi connectivity index (χ1) is 10.9. The van der Waals surface area contributed by atoms with Gasteiger partial charge in [0.1, 0.15) is 6.61 Å². The molecule has 0 saturated heterocycles. The lowest BCUT2D eigenvalue weighted by Gasteiger charge is -2.28. The molecule has 0 spiro atoms. The Labute approximate surface area is 143 Å².